The zero-order valence-electron chi connectivity index (χ0n) is 11.2. The summed E-state index contributed by atoms with van der Waals surface area (Å²) in [4.78, 5) is 0. The Balaban J connectivity index is -0.000000156. The monoisotopic (exact) mass is 379 g/mol. The summed E-state index contributed by atoms with van der Waals surface area (Å²) in [6.45, 7) is 1.95. The van der Waals surface area contributed by atoms with Crippen LogP contribution >= 0.6 is 24.8 Å². The van der Waals surface area contributed by atoms with E-state index in [4.69, 9.17) is 0 Å². The predicted molar refractivity (Wildman–Crippen MR) is 87.5 cm³/mol. The van der Waals surface area contributed by atoms with Gasteiger partial charge in [0, 0.05) is 0 Å². The van der Waals surface area contributed by atoms with Gasteiger partial charge >= 0.3 is 30.2 Å². The molecule has 18 heavy (non-hydrogen) atoms. The van der Waals surface area contributed by atoms with Crippen molar-refractivity contribution in [1.82, 2.24) is 0 Å². The van der Waals surface area contributed by atoms with Crippen molar-refractivity contribution in [3.63, 3.8) is 0 Å². The average Bonchev–Trinajstić information content (AvgIpc) is 2.91. The Morgan fingerprint density at radius 3 is 2.22 bits per heavy atom. The van der Waals surface area contributed by atoms with Crippen molar-refractivity contribution < 1.29 is 23.3 Å². The van der Waals surface area contributed by atoms with Crippen LogP contribution in [0.15, 0.2) is 41.5 Å². The van der Waals surface area contributed by atoms with Crippen LogP contribution in [0.5, 0.6) is 0 Å². The number of halogens is 2. The second-order valence-electron chi connectivity index (χ2n) is 3.27. The number of hydrogen-bond donors (Lipinski definition) is 0. The second kappa shape index (κ2) is 17.6. The van der Waals surface area contributed by atoms with Gasteiger partial charge in [0.2, 0.25) is 0 Å². The van der Waals surface area contributed by atoms with Gasteiger partial charge in [-0.15, -0.1) is 31.2 Å². The van der Waals surface area contributed by atoms with Crippen LogP contribution in [0.1, 0.15) is 25.7 Å². The fraction of sp³-hybridized carbons (Fsp3) is 0.286. The third-order valence-electron chi connectivity index (χ3n) is 2.33. The first kappa shape index (κ1) is 27.1. The molecule has 0 saturated heterocycles. The Morgan fingerprint density at radius 2 is 1.78 bits per heavy atom. The van der Waals surface area contributed by atoms with Gasteiger partial charge in [-0.3, -0.25) is 6.08 Å². The zero-order chi connectivity index (χ0) is 10.2. The van der Waals surface area contributed by atoms with E-state index in [9.17, 15) is 0 Å². The quantitative estimate of drug-likeness (QED) is 0.508. The van der Waals surface area contributed by atoms with Crippen LogP contribution < -0.4 is 0 Å². The van der Waals surface area contributed by atoms with E-state index in [1.54, 1.807) is 28.9 Å². The number of hydrogen-bond acceptors (Lipinski definition) is 0. The molecule has 0 heterocycles. The zero-order valence-corrected chi connectivity index (χ0v) is 16.7. The predicted octanol–water partition coefficient (Wildman–Crippen LogP) is 4.17. The summed E-state index contributed by atoms with van der Waals surface area (Å²) in [5, 5.41) is 0. The summed E-state index contributed by atoms with van der Waals surface area (Å²) >= 11 is 1.58. The van der Waals surface area contributed by atoms with Gasteiger partial charge in [-0.25, -0.2) is 11.6 Å². The maximum absolute atomic E-state index is 3.34. The van der Waals surface area contributed by atoms with E-state index in [-0.39, 0.29) is 39.7 Å². The van der Waals surface area contributed by atoms with Crippen LogP contribution in [0.3, 0.4) is 0 Å². The van der Waals surface area contributed by atoms with E-state index in [0.29, 0.717) is 0 Å². The summed E-state index contributed by atoms with van der Waals surface area (Å²) < 4.78 is 0. The summed E-state index contributed by atoms with van der Waals surface area (Å²) in [6, 6.07) is 0. The Labute approximate surface area is 142 Å². The van der Waals surface area contributed by atoms with Gasteiger partial charge in [-0.2, -0.15) is 6.08 Å². The molecule has 0 amide bonds. The Morgan fingerprint density at radius 1 is 1.11 bits per heavy atom. The van der Waals surface area contributed by atoms with Crippen LogP contribution in [0.4, 0.5) is 0 Å². The van der Waals surface area contributed by atoms with Crippen molar-refractivity contribution in [3.8, 4) is 0 Å². The van der Waals surface area contributed by atoms with Gasteiger partial charge < -0.3 is 14.9 Å². The summed E-state index contributed by atoms with van der Waals surface area (Å²) in [6.07, 6.45) is 18.9. The molecule has 0 aromatic carbocycles. The molecular formula is C14H23Cl2SiZr-3. The van der Waals surface area contributed by atoms with E-state index in [2.05, 4.69) is 36.5 Å². The minimum absolute atomic E-state index is 0. The minimum atomic E-state index is 0. The molecule has 0 aromatic heterocycles. The van der Waals surface area contributed by atoms with Crippen molar-refractivity contribution in [3.05, 3.63) is 62.5 Å². The molecule has 4 heteroatoms. The molecule has 0 aliphatic heterocycles. The van der Waals surface area contributed by atoms with Crippen molar-refractivity contribution >= 4 is 31.7 Å². The van der Waals surface area contributed by atoms with E-state index >= 15 is 0 Å². The van der Waals surface area contributed by atoms with Crippen LogP contribution in [-0.4, -0.2) is 6.88 Å². The average molecular weight is 382 g/mol. The molecule has 0 aromatic rings. The van der Waals surface area contributed by atoms with Crippen LogP contribution in [0.25, 0.3) is 0 Å². The first-order valence-corrected chi connectivity index (χ1v) is 10.8. The molecule has 0 nitrogen and oxygen atoms in total. The fourth-order valence-electron chi connectivity index (χ4n) is 1.59. The van der Waals surface area contributed by atoms with Crippen LogP contribution in [0, 0.1) is 20.9 Å². The van der Waals surface area contributed by atoms with Gasteiger partial charge in [-0.1, -0.05) is 30.2 Å². The first-order valence-electron chi connectivity index (χ1n) is 4.91. The van der Waals surface area contributed by atoms with Gasteiger partial charge in [0.25, 0.3) is 0 Å². The Kier molecular flexibility index (Phi) is 26.5. The van der Waals surface area contributed by atoms with Gasteiger partial charge in [0.1, 0.15) is 0 Å². The summed E-state index contributed by atoms with van der Waals surface area (Å²) in [7, 11) is 0. The molecule has 0 fully saturated rings. The van der Waals surface area contributed by atoms with E-state index in [1.807, 2.05) is 6.88 Å². The summed E-state index contributed by atoms with van der Waals surface area (Å²) in [5.41, 5.74) is 2.95. The molecule has 0 N–H and O–H groups in total. The standard InChI is InChI=1S/C12H13.2CH3.2ClH.H2Si.Zr/c1-2-6-11(5-1)9-10-12-7-3-4-8-12;;;;;;/h1-3,5,7H,4,6,9-10H2;2*1H3;2*1H;1H2;/q3*-1;;;;. The molecule has 104 valence electrons. The van der Waals surface area contributed by atoms with E-state index in [1.165, 1.54) is 18.4 Å². The van der Waals surface area contributed by atoms with Crippen molar-refractivity contribution in [1.29, 1.82) is 0 Å². The topological polar surface area (TPSA) is 0 Å². The Bertz CT molecular complexity index is 307. The van der Waals surface area contributed by atoms with Gasteiger partial charge in [0.15, 0.2) is 0 Å². The molecule has 2 aliphatic rings. The molecule has 0 radical (unpaired) electrons. The third-order valence-corrected chi connectivity index (χ3v) is 2.33. The van der Waals surface area contributed by atoms with Crippen molar-refractivity contribution in [2.75, 3.05) is 0 Å². The molecule has 0 bridgehead atoms. The Hall–Kier alpha value is 0.640. The first-order chi connectivity index (χ1) is 6.95. The number of rotatable bonds is 3. The molecular weight excluding hydrogens is 358 g/mol. The maximum atomic E-state index is 3.34. The fourth-order valence-corrected chi connectivity index (χ4v) is 1.59. The molecule has 2 aliphatic carbocycles. The van der Waals surface area contributed by atoms with E-state index in [0.717, 1.165) is 12.8 Å². The van der Waals surface area contributed by atoms with Gasteiger partial charge in [-0.05, 0) is 12.8 Å². The third kappa shape index (κ3) is 10.6. The number of allylic oxidation sites excluding steroid dienone is 8. The molecule has 2 rings (SSSR count). The van der Waals surface area contributed by atoms with Crippen LogP contribution in [0.2, 0.25) is 0 Å². The van der Waals surface area contributed by atoms with Crippen LogP contribution in [-0.2, 0) is 23.3 Å². The van der Waals surface area contributed by atoms with Gasteiger partial charge in [0.05, 0.1) is 0 Å². The normalized spacial score (nSPS) is 13.5. The molecule has 0 atom stereocenters. The van der Waals surface area contributed by atoms with Crippen molar-refractivity contribution in [2.45, 2.75) is 25.7 Å². The molecule has 0 saturated carbocycles. The molecule has 0 spiro atoms. The van der Waals surface area contributed by atoms with Crippen molar-refractivity contribution in [2.24, 2.45) is 0 Å². The SMILES string of the molecule is Cl.Cl.[C-]1=C(CCC2=CC=CC2)C=CC1.[CH3-].[CH3-].[SiH2]=[Zr]. The van der Waals surface area contributed by atoms with E-state index < -0.39 is 0 Å². The second-order valence-corrected chi connectivity index (χ2v) is 3.27. The summed E-state index contributed by atoms with van der Waals surface area (Å²) in [5.74, 6) is 0. The molecule has 0 unspecified atom stereocenters.